The maximum atomic E-state index is 14.7. The van der Waals surface area contributed by atoms with Crippen LogP contribution in [0.4, 0.5) is 0 Å². The number of cyclic esters (lactones) is 1. The number of carbonyl (C=O) groups is 4. The van der Waals surface area contributed by atoms with Crippen LogP contribution in [0.25, 0.3) is 33.3 Å². The summed E-state index contributed by atoms with van der Waals surface area (Å²) in [6.45, 7) is 18.6. The van der Waals surface area contributed by atoms with Crippen molar-refractivity contribution >= 4 is 34.6 Å². The van der Waals surface area contributed by atoms with E-state index in [2.05, 4.69) is 84.3 Å². The summed E-state index contributed by atoms with van der Waals surface area (Å²) in [4.78, 5) is 64.0. The molecule has 0 aliphatic carbocycles. The third kappa shape index (κ3) is 11.9. The number of likely N-dealkylation sites (tertiary alicyclic amines) is 1. The summed E-state index contributed by atoms with van der Waals surface area (Å²) in [7, 11) is 5.55. The van der Waals surface area contributed by atoms with Gasteiger partial charge in [0, 0.05) is 73.8 Å². The van der Waals surface area contributed by atoms with Crippen LogP contribution in [0.5, 0.6) is 0 Å². The van der Waals surface area contributed by atoms with Crippen molar-refractivity contribution < 1.29 is 33.4 Å². The number of pyridine rings is 1. The number of nitrogens with one attached hydrogen (secondary N) is 2. The summed E-state index contributed by atoms with van der Waals surface area (Å²) in [6.07, 6.45) is 3.66. The number of hydrogen-bond donors (Lipinski definition) is 2. The first-order valence-corrected chi connectivity index (χ1v) is 24.7. The Morgan fingerprint density at radius 3 is 2.51 bits per heavy atom. The molecule has 0 radical (unpaired) electrons. The lowest BCUT2D eigenvalue weighted by Crippen LogP contribution is -2.60. The molecule has 6 bridgehead atoms. The Labute approximate surface area is 408 Å². The van der Waals surface area contributed by atoms with Gasteiger partial charge in [0.1, 0.15) is 6.04 Å². The maximum Gasteiger partial charge on any atom is 0.307 e. The third-order valence-electron chi connectivity index (χ3n) is 14.2. The second-order valence-corrected chi connectivity index (χ2v) is 21.0. The van der Waals surface area contributed by atoms with Gasteiger partial charge in [-0.1, -0.05) is 63.9 Å². The molecule has 2 aromatic heterocycles. The van der Waals surface area contributed by atoms with E-state index < -0.39 is 22.9 Å². The first-order valence-electron chi connectivity index (χ1n) is 24.7. The zero-order valence-corrected chi connectivity index (χ0v) is 42.6. The fourth-order valence-electron chi connectivity index (χ4n) is 9.40. The third-order valence-corrected chi connectivity index (χ3v) is 14.2. The summed E-state index contributed by atoms with van der Waals surface area (Å²) in [5.41, 5.74) is 10.5. The Morgan fingerprint density at radius 1 is 1.04 bits per heavy atom. The van der Waals surface area contributed by atoms with Gasteiger partial charge in [0.25, 0.3) is 11.8 Å². The maximum absolute atomic E-state index is 14.7. The van der Waals surface area contributed by atoms with Gasteiger partial charge in [0.2, 0.25) is 5.91 Å². The highest BCUT2D eigenvalue weighted by atomic mass is 16.5. The van der Waals surface area contributed by atoms with E-state index in [-0.39, 0.29) is 73.9 Å². The van der Waals surface area contributed by atoms with Gasteiger partial charge in [-0.2, -0.15) is 0 Å². The van der Waals surface area contributed by atoms with E-state index in [1.165, 1.54) is 0 Å². The topological polar surface area (TPSA) is 148 Å². The molecule has 69 heavy (non-hydrogen) atoms. The van der Waals surface area contributed by atoms with E-state index >= 15 is 0 Å². The highest BCUT2D eigenvalue weighted by molar-refractivity contribution is 5.96. The highest BCUT2D eigenvalue weighted by Crippen LogP contribution is 2.42. The standard InChI is InChI=1S/C55H73N7O7/c1-12-61-47-21-20-39-28-43(47)44(51(61)42-19-14-24-56-50(42)36(4)67-11)30-54(5,6)34-69-49(64)29-40-18-15-25-62(58-40)53(66)46(27-37-16-13-17-38(39)26-37)57-52(65)45(35(2)3)33-68-41-31-60(32-41)48(63)22-23-55(7,8)59(9)10/h13-14,16-17,19-21,24,26,28,35-36,40-41,45-46,58H,12,15,18,25,27,29-34H2,1-11H3,(H,57,65)/t36-,40-,45-,46-/m0/s1. The summed E-state index contributed by atoms with van der Waals surface area (Å²) >= 11 is 0. The largest absolute Gasteiger partial charge is 0.465 e. The van der Waals surface area contributed by atoms with E-state index in [0.717, 1.165) is 50.1 Å². The van der Waals surface area contributed by atoms with Crippen molar-refractivity contribution in [3.63, 3.8) is 0 Å². The Bertz CT molecular complexity index is 2580. The molecule has 4 aromatic rings. The molecule has 3 amide bonds. The van der Waals surface area contributed by atoms with Crippen LogP contribution in [0.15, 0.2) is 60.8 Å². The number of rotatable bonds is 11. The van der Waals surface area contributed by atoms with E-state index in [0.29, 0.717) is 45.4 Å². The lowest BCUT2D eigenvalue weighted by Gasteiger charge is -2.39. The van der Waals surface area contributed by atoms with Gasteiger partial charge in [-0.25, -0.2) is 5.43 Å². The molecule has 2 N–H and O–H groups in total. The van der Waals surface area contributed by atoms with Gasteiger partial charge < -0.3 is 29.0 Å². The van der Waals surface area contributed by atoms with Gasteiger partial charge >= 0.3 is 5.97 Å². The summed E-state index contributed by atoms with van der Waals surface area (Å²) in [5.74, 6) is 4.02. The van der Waals surface area contributed by atoms with Crippen molar-refractivity contribution in [3.05, 3.63) is 77.6 Å². The molecule has 0 unspecified atom stereocenters. The molecule has 5 heterocycles. The lowest BCUT2D eigenvalue weighted by atomic mass is 9.84. The van der Waals surface area contributed by atoms with Crippen LogP contribution in [0, 0.1) is 29.1 Å². The molecule has 0 spiro atoms. The van der Waals surface area contributed by atoms with Crippen molar-refractivity contribution in [2.45, 2.75) is 124 Å². The molecular weight excluding hydrogens is 871 g/mol. The Morgan fingerprint density at radius 2 is 1.80 bits per heavy atom. The molecule has 14 heteroatoms. The Kier molecular flexibility index (Phi) is 16.0. The number of carbonyl (C=O) groups excluding carboxylic acids is 4. The summed E-state index contributed by atoms with van der Waals surface area (Å²) < 4.78 is 20.5. The predicted octanol–water partition coefficient (Wildman–Crippen LogP) is 6.98. The van der Waals surface area contributed by atoms with Crippen LogP contribution in [0.2, 0.25) is 0 Å². The first-order chi connectivity index (χ1) is 32.8. The van der Waals surface area contributed by atoms with Crippen molar-refractivity contribution in [2.24, 2.45) is 17.3 Å². The zero-order valence-electron chi connectivity index (χ0n) is 42.6. The van der Waals surface area contributed by atoms with Gasteiger partial charge in [-0.15, -0.1) is 0 Å². The smallest absolute Gasteiger partial charge is 0.307 e. The van der Waals surface area contributed by atoms with Crippen LogP contribution in [0.3, 0.4) is 0 Å². The van der Waals surface area contributed by atoms with Crippen molar-refractivity contribution in [3.8, 4) is 34.2 Å². The number of aromatic nitrogens is 2. The molecule has 3 aliphatic rings. The number of fused-ring (bicyclic) bond motifs is 6. The molecule has 7 rings (SSSR count). The fraction of sp³-hybridized carbons (Fsp3) is 0.545. The monoisotopic (exact) mass is 944 g/mol. The van der Waals surface area contributed by atoms with E-state index in [4.69, 9.17) is 19.2 Å². The number of ether oxygens (including phenoxy) is 3. The lowest BCUT2D eigenvalue weighted by molar-refractivity contribution is -0.150. The minimum Gasteiger partial charge on any atom is -0.465 e. The van der Waals surface area contributed by atoms with Crippen LogP contribution in [-0.4, -0.2) is 126 Å². The van der Waals surface area contributed by atoms with Crippen molar-refractivity contribution in [1.82, 2.24) is 35.1 Å². The second-order valence-electron chi connectivity index (χ2n) is 21.0. The van der Waals surface area contributed by atoms with Crippen LogP contribution < -0.4 is 10.7 Å². The minimum absolute atomic E-state index is 0.0915. The molecule has 2 fully saturated rings. The Balaban J connectivity index is 1.20. The number of hydrazine groups is 1. The molecule has 370 valence electrons. The highest BCUT2D eigenvalue weighted by Gasteiger charge is 2.37. The molecular formula is C55H73N7O7. The number of esters is 1. The zero-order chi connectivity index (χ0) is 49.8. The van der Waals surface area contributed by atoms with E-state index in [1.807, 2.05) is 71.8 Å². The van der Waals surface area contributed by atoms with Crippen molar-refractivity contribution in [1.29, 1.82) is 0 Å². The second kappa shape index (κ2) is 21.6. The molecule has 14 nitrogen and oxygen atoms in total. The van der Waals surface area contributed by atoms with Gasteiger partial charge in [-0.3, -0.25) is 34.1 Å². The molecule has 3 aliphatic heterocycles. The number of benzene rings is 2. The SMILES string of the molecule is CCn1c(-c2cccnc2[C@H](C)OC)c2c3cc(ccc31)-c1cccc(c1)C[C@H](NC(=O)[C@@H](COC1CN(C(=O)C#CC(C)(C)N(C)C)C1)C(C)C)C(=O)N1CCC[C@@H](CC(=O)OCC(C)(C)C2)N1. The predicted molar refractivity (Wildman–Crippen MR) is 268 cm³/mol. The minimum atomic E-state index is -0.921. The van der Waals surface area contributed by atoms with Crippen LogP contribution in [0.1, 0.15) is 97.6 Å². The average molecular weight is 944 g/mol. The van der Waals surface area contributed by atoms with Crippen LogP contribution >= 0.6 is 0 Å². The first kappa shape index (κ1) is 51.3. The summed E-state index contributed by atoms with van der Waals surface area (Å²) in [5, 5.41) is 5.83. The molecule has 4 atom stereocenters. The average Bonchev–Trinajstić information content (AvgIpc) is 3.61. The molecule has 2 aromatic carbocycles. The molecule has 2 saturated heterocycles. The van der Waals surface area contributed by atoms with E-state index in [1.54, 1.807) is 23.2 Å². The molecule has 0 saturated carbocycles. The van der Waals surface area contributed by atoms with Gasteiger partial charge in [-0.05, 0) is 119 Å². The van der Waals surface area contributed by atoms with Gasteiger partial charge in [0.15, 0.2) is 0 Å². The quantitative estimate of drug-likeness (QED) is 0.119. The van der Waals surface area contributed by atoms with Crippen molar-refractivity contribution in [2.75, 3.05) is 54.1 Å². The fourth-order valence-corrected chi connectivity index (χ4v) is 9.40. The Hall–Kier alpha value is -5.59. The number of hydrogen-bond acceptors (Lipinski definition) is 10. The van der Waals surface area contributed by atoms with E-state index in [9.17, 15) is 19.2 Å². The van der Waals surface area contributed by atoms with Crippen LogP contribution in [-0.2, 0) is 52.8 Å². The summed E-state index contributed by atoms with van der Waals surface area (Å²) in [6, 6.07) is 17.6. The number of methoxy groups -OCH3 is 1. The number of amides is 3. The number of aryl methyl sites for hydroxylation is 1. The van der Waals surface area contributed by atoms with Gasteiger partial charge in [0.05, 0.1) is 54.7 Å². The number of nitrogens with zero attached hydrogens (tertiary/aromatic N) is 5. The normalized spacial score (nSPS) is 20.1.